The Bertz CT molecular complexity index is 566. The van der Waals surface area contributed by atoms with Crippen molar-refractivity contribution in [3.05, 3.63) is 0 Å². The van der Waals surface area contributed by atoms with Crippen molar-refractivity contribution in [1.82, 2.24) is 0 Å². The number of hydrogen-bond donors (Lipinski definition) is 0. The molecule has 0 aromatic heterocycles. The minimum atomic E-state index is -0.813. The monoisotopic (exact) mass is 509 g/mol. The van der Waals surface area contributed by atoms with Gasteiger partial charge in [0.1, 0.15) is 19.8 Å². The fourth-order valence-corrected chi connectivity index (χ4v) is 4.56. The molecule has 0 aliphatic carbocycles. The van der Waals surface area contributed by atoms with Crippen LogP contribution in [0, 0.1) is 0 Å². The third-order valence-electron chi connectivity index (χ3n) is 6.92. The maximum absolute atomic E-state index is 12.3. The Morgan fingerprint density at radius 1 is 0.667 bits per heavy atom. The van der Waals surface area contributed by atoms with Crippen molar-refractivity contribution < 1.29 is 23.8 Å². The van der Waals surface area contributed by atoms with Crippen molar-refractivity contribution in [2.45, 2.75) is 155 Å². The summed E-state index contributed by atoms with van der Waals surface area (Å²) < 4.78 is 16.6. The van der Waals surface area contributed by atoms with Crippen LogP contribution in [0.1, 0.15) is 149 Å². The van der Waals surface area contributed by atoms with Gasteiger partial charge in [0.25, 0.3) is 0 Å². The van der Waals surface area contributed by atoms with Crippen molar-refractivity contribution in [1.29, 1.82) is 0 Å². The summed E-state index contributed by atoms with van der Waals surface area (Å²) in [4.78, 5) is 29.0. The number of rotatable bonds is 24. The Morgan fingerprint density at radius 2 is 1.03 bits per heavy atom. The van der Waals surface area contributed by atoms with Gasteiger partial charge in [0.15, 0.2) is 11.4 Å². The number of aliphatic imine (C=N–C) groups is 1. The highest BCUT2D eigenvalue weighted by atomic mass is 16.6. The van der Waals surface area contributed by atoms with Gasteiger partial charge < -0.3 is 14.2 Å². The maximum Gasteiger partial charge on any atom is 0.305 e. The van der Waals surface area contributed by atoms with Crippen LogP contribution in [0.4, 0.5) is 0 Å². The number of carbonyl (C=O) groups excluding carboxylic acids is 2. The molecule has 0 bridgehead atoms. The first-order chi connectivity index (χ1) is 17.5. The lowest BCUT2D eigenvalue weighted by Gasteiger charge is -2.23. The van der Waals surface area contributed by atoms with Crippen LogP contribution in [-0.4, -0.2) is 43.2 Å². The minimum Gasteiger partial charge on any atom is -0.478 e. The van der Waals surface area contributed by atoms with Gasteiger partial charge in [-0.3, -0.25) is 9.59 Å². The molecule has 0 atom stereocenters. The van der Waals surface area contributed by atoms with Crippen LogP contribution in [0.5, 0.6) is 0 Å². The first-order valence-corrected chi connectivity index (χ1v) is 15.0. The van der Waals surface area contributed by atoms with Crippen molar-refractivity contribution in [2.24, 2.45) is 4.99 Å². The van der Waals surface area contributed by atoms with Gasteiger partial charge in [-0.2, -0.15) is 0 Å². The summed E-state index contributed by atoms with van der Waals surface area (Å²) in [5.74, 6) is 0.121. The van der Waals surface area contributed by atoms with E-state index < -0.39 is 5.54 Å². The van der Waals surface area contributed by atoms with Gasteiger partial charge in [-0.1, -0.05) is 117 Å². The molecule has 0 saturated carbocycles. The summed E-state index contributed by atoms with van der Waals surface area (Å²) in [5, 5.41) is 0. The zero-order chi connectivity index (χ0) is 26.3. The quantitative estimate of drug-likeness (QED) is 0.0970. The van der Waals surface area contributed by atoms with E-state index in [1.807, 2.05) is 0 Å². The SMILES string of the molecule is CCCCCCCCCCCC(=O)OCC1(COC(=O)CCCCCCCCCCC)COC(C)=N1. The molecule has 6 nitrogen and oxygen atoms in total. The minimum absolute atomic E-state index is 0.0892. The lowest BCUT2D eigenvalue weighted by Crippen LogP contribution is -2.41. The molecule has 0 saturated heterocycles. The highest BCUT2D eigenvalue weighted by Gasteiger charge is 2.39. The van der Waals surface area contributed by atoms with Gasteiger partial charge in [-0.15, -0.1) is 0 Å². The maximum atomic E-state index is 12.3. The van der Waals surface area contributed by atoms with E-state index in [0.717, 1.165) is 25.7 Å². The number of hydrogen-bond acceptors (Lipinski definition) is 6. The van der Waals surface area contributed by atoms with Crippen LogP contribution in [0.25, 0.3) is 0 Å². The average molecular weight is 510 g/mol. The summed E-state index contributed by atoms with van der Waals surface area (Å²) in [6.07, 6.45) is 22.7. The van der Waals surface area contributed by atoms with Gasteiger partial charge in [0.2, 0.25) is 0 Å². The molecule has 0 amide bonds. The first-order valence-electron chi connectivity index (χ1n) is 15.0. The molecule has 0 radical (unpaired) electrons. The molecule has 210 valence electrons. The highest BCUT2D eigenvalue weighted by Crippen LogP contribution is 2.22. The molecular weight excluding hydrogens is 454 g/mol. The van der Waals surface area contributed by atoms with E-state index in [1.165, 1.54) is 89.9 Å². The smallest absolute Gasteiger partial charge is 0.305 e. The predicted molar refractivity (Wildman–Crippen MR) is 147 cm³/mol. The Kier molecular flexibility index (Phi) is 19.4. The van der Waals surface area contributed by atoms with Crippen LogP contribution in [0.2, 0.25) is 0 Å². The first kappa shape index (κ1) is 32.4. The van der Waals surface area contributed by atoms with E-state index in [4.69, 9.17) is 14.2 Å². The van der Waals surface area contributed by atoms with E-state index in [9.17, 15) is 9.59 Å². The molecule has 0 aromatic rings. The molecule has 0 spiro atoms. The lowest BCUT2D eigenvalue weighted by atomic mass is 10.0. The zero-order valence-corrected chi connectivity index (χ0v) is 23.8. The second kappa shape index (κ2) is 21.5. The number of nitrogens with zero attached hydrogens (tertiary/aromatic N) is 1. The molecule has 0 unspecified atom stereocenters. The fraction of sp³-hybridized carbons (Fsp3) is 0.900. The van der Waals surface area contributed by atoms with Crippen LogP contribution in [-0.2, 0) is 23.8 Å². The average Bonchev–Trinajstić information content (AvgIpc) is 3.25. The standard InChI is InChI=1S/C30H55NO5/c1-4-6-8-10-12-14-16-18-20-22-28(32)35-25-30(24-34-27(3)31-30)26-36-29(33)23-21-19-17-15-13-11-9-7-5-2/h4-26H2,1-3H3. The van der Waals surface area contributed by atoms with E-state index in [2.05, 4.69) is 18.8 Å². The van der Waals surface area contributed by atoms with E-state index >= 15 is 0 Å². The molecule has 0 N–H and O–H groups in total. The molecule has 0 aromatic carbocycles. The third-order valence-corrected chi connectivity index (χ3v) is 6.92. The zero-order valence-electron chi connectivity index (χ0n) is 23.8. The fourth-order valence-electron chi connectivity index (χ4n) is 4.56. The Labute approximate surface area is 221 Å². The van der Waals surface area contributed by atoms with Crippen molar-refractivity contribution in [3.8, 4) is 0 Å². The van der Waals surface area contributed by atoms with Gasteiger partial charge in [0.05, 0.1) is 0 Å². The summed E-state index contributed by atoms with van der Waals surface area (Å²) in [5.41, 5.74) is -0.813. The molecule has 1 aliphatic rings. The van der Waals surface area contributed by atoms with E-state index in [1.54, 1.807) is 6.92 Å². The number of carbonyl (C=O) groups is 2. The van der Waals surface area contributed by atoms with Crippen molar-refractivity contribution in [3.63, 3.8) is 0 Å². The summed E-state index contributed by atoms with van der Waals surface area (Å²) >= 11 is 0. The predicted octanol–water partition coefficient (Wildman–Crippen LogP) is 8.10. The molecule has 1 aliphatic heterocycles. The summed E-state index contributed by atoms with van der Waals surface area (Å²) in [6.45, 7) is 6.70. The molecule has 1 heterocycles. The van der Waals surface area contributed by atoms with Gasteiger partial charge >= 0.3 is 11.9 Å². The van der Waals surface area contributed by atoms with Crippen LogP contribution in [0.3, 0.4) is 0 Å². The summed E-state index contributed by atoms with van der Waals surface area (Å²) in [7, 11) is 0. The van der Waals surface area contributed by atoms with Crippen LogP contribution >= 0.6 is 0 Å². The second-order valence-electron chi connectivity index (χ2n) is 10.6. The third kappa shape index (κ3) is 17.0. The van der Waals surface area contributed by atoms with Crippen molar-refractivity contribution >= 4 is 17.8 Å². The number of unbranched alkanes of at least 4 members (excludes halogenated alkanes) is 16. The second-order valence-corrected chi connectivity index (χ2v) is 10.6. The van der Waals surface area contributed by atoms with E-state index in [-0.39, 0.29) is 31.8 Å². The molecule has 36 heavy (non-hydrogen) atoms. The highest BCUT2D eigenvalue weighted by molar-refractivity contribution is 5.76. The molecule has 6 heteroatoms. The van der Waals surface area contributed by atoms with Crippen molar-refractivity contribution in [2.75, 3.05) is 19.8 Å². The largest absolute Gasteiger partial charge is 0.478 e. The Morgan fingerprint density at radius 3 is 1.36 bits per heavy atom. The van der Waals surface area contributed by atoms with Crippen LogP contribution in [0.15, 0.2) is 4.99 Å². The van der Waals surface area contributed by atoms with Crippen LogP contribution < -0.4 is 0 Å². The molecule has 0 fully saturated rings. The number of esters is 2. The van der Waals surface area contributed by atoms with E-state index in [0.29, 0.717) is 18.7 Å². The number of ether oxygens (including phenoxy) is 3. The lowest BCUT2D eigenvalue weighted by molar-refractivity contribution is -0.150. The molecule has 1 rings (SSSR count). The van der Waals surface area contributed by atoms with Gasteiger partial charge in [-0.25, -0.2) is 4.99 Å². The molecular formula is C30H55NO5. The topological polar surface area (TPSA) is 74.2 Å². The Balaban J connectivity index is 2.16. The Hall–Kier alpha value is -1.59. The van der Waals surface area contributed by atoms with Gasteiger partial charge in [-0.05, 0) is 12.8 Å². The van der Waals surface area contributed by atoms with Gasteiger partial charge in [0, 0.05) is 19.8 Å². The normalized spacial score (nSPS) is 14.4. The summed E-state index contributed by atoms with van der Waals surface area (Å²) in [6, 6.07) is 0.